The van der Waals surface area contributed by atoms with Crippen molar-refractivity contribution in [1.29, 1.82) is 0 Å². The van der Waals surface area contributed by atoms with E-state index in [2.05, 4.69) is 22.4 Å². The van der Waals surface area contributed by atoms with E-state index in [0.717, 1.165) is 25.9 Å². The van der Waals surface area contributed by atoms with Gasteiger partial charge in [-0.05, 0) is 50.1 Å². The number of hydrogen-bond donors (Lipinski definition) is 1. The van der Waals surface area contributed by atoms with Gasteiger partial charge in [0.25, 0.3) is 0 Å². The second-order valence-corrected chi connectivity index (χ2v) is 8.69. The highest BCUT2D eigenvalue weighted by atomic mass is 32.2. The molecule has 0 saturated carbocycles. The van der Waals surface area contributed by atoms with Gasteiger partial charge in [-0.1, -0.05) is 12.2 Å². The summed E-state index contributed by atoms with van der Waals surface area (Å²) in [4.78, 5) is 14.4. The van der Waals surface area contributed by atoms with E-state index in [1.807, 2.05) is 7.05 Å². The molecule has 2 aliphatic rings. The molecule has 6 nitrogen and oxygen atoms in total. The molecule has 1 aromatic rings. The molecule has 0 spiro atoms. The van der Waals surface area contributed by atoms with Gasteiger partial charge in [0.05, 0.1) is 4.90 Å². The van der Waals surface area contributed by atoms with Crippen LogP contribution in [0.4, 0.5) is 5.69 Å². The van der Waals surface area contributed by atoms with Crippen molar-refractivity contribution in [2.75, 3.05) is 38.5 Å². The minimum absolute atomic E-state index is 0.0359. The number of amides is 1. The summed E-state index contributed by atoms with van der Waals surface area (Å²) in [5, 5.41) is 2.84. The molecule has 1 heterocycles. The molecule has 0 aromatic heterocycles. The molecular weight excluding hydrogens is 338 g/mol. The zero-order chi connectivity index (χ0) is 17.9. The van der Waals surface area contributed by atoms with E-state index in [4.69, 9.17) is 0 Å². The third kappa shape index (κ3) is 4.48. The van der Waals surface area contributed by atoms with Gasteiger partial charge in [-0.3, -0.25) is 4.79 Å². The fourth-order valence-electron chi connectivity index (χ4n) is 3.20. The third-order valence-corrected chi connectivity index (χ3v) is 6.71. The Labute approximate surface area is 149 Å². The first-order chi connectivity index (χ1) is 11.9. The molecule has 0 bridgehead atoms. The van der Waals surface area contributed by atoms with E-state index in [9.17, 15) is 13.2 Å². The second kappa shape index (κ2) is 7.68. The van der Waals surface area contributed by atoms with E-state index in [1.54, 1.807) is 24.3 Å². The first kappa shape index (κ1) is 18.1. The Bertz CT molecular complexity index is 735. The number of allylic oxidation sites excluding steroid dienone is 2. The van der Waals surface area contributed by atoms with Crippen LogP contribution in [0.2, 0.25) is 0 Å². The van der Waals surface area contributed by atoms with E-state index in [-0.39, 0.29) is 10.8 Å². The Morgan fingerprint density at radius 1 is 1.16 bits per heavy atom. The van der Waals surface area contributed by atoms with Crippen LogP contribution in [0, 0.1) is 5.92 Å². The summed E-state index contributed by atoms with van der Waals surface area (Å²) in [6.07, 6.45) is 6.73. The Balaban J connectivity index is 1.61. The van der Waals surface area contributed by atoms with Gasteiger partial charge in [0.2, 0.25) is 15.9 Å². The topological polar surface area (TPSA) is 69.7 Å². The smallest absolute Gasteiger partial charge is 0.243 e. The van der Waals surface area contributed by atoms with Crippen molar-refractivity contribution in [3.05, 3.63) is 36.4 Å². The Morgan fingerprint density at radius 3 is 2.44 bits per heavy atom. The summed E-state index contributed by atoms with van der Waals surface area (Å²) >= 11 is 0. The van der Waals surface area contributed by atoms with Crippen molar-refractivity contribution < 1.29 is 13.2 Å². The third-order valence-electron chi connectivity index (χ3n) is 4.80. The maximum absolute atomic E-state index is 12.7. The van der Waals surface area contributed by atoms with E-state index in [0.29, 0.717) is 31.1 Å². The Kier molecular flexibility index (Phi) is 5.56. The molecular formula is C18H25N3O3S. The van der Waals surface area contributed by atoms with Crippen molar-refractivity contribution >= 4 is 21.6 Å². The van der Waals surface area contributed by atoms with Gasteiger partial charge in [0.1, 0.15) is 0 Å². The number of anilines is 1. The molecule has 1 fully saturated rings. The zero-order valence-corrected chi connectivity index (χ0v) is 15.3. The van der Waals surface area contributed by atoms with Gasteiger partial charge < -0.3 is 10.2 Å². The number of nitrogens with one attached hydrogen (secondary N) is 1. The van der Waals surface area contributed by atoms with Crippen LogP contribution in [0.15, 0.2) is 41.3 Å². The lowest BCUT2D eigenvalue weighted by molar-refractivity contribution is -0.116. The summed E-state index contributed by atoms with van der Waals surface area (Å²) in [5.41, 5.74) is 0.629. The number of benzene rings is 1. The molecule has 1 atom stereocenters. The quantitative estimate of drug-likeness (QED) is 0.812. The van der Waals surface area contributed by atoms with Crippen LogP contribution < -0.4 is 5.32 Å². The highest BCUT2D eigenvalue weighted by molar-refractivity contribution is 7.89. The fourth-order valence-corrected chi connectivity index (χ4v) is 4.63. The number of piperazine rings is 1. The fraction of sp³-hybridized carbons (Fsp3) is 0.500. The predicted molar refractivity (Wildman–Crippen MR) is 97.8 cm³/mol. The Hall–Kier alpha value is -1.70. The number of nitrogens with zero attached hydrogens (tertiary/aromatic N) is 2. The average Bonchev–Trinajstić information content (AvgIpc) is 3.08. The first-order valence-electron chi connectivity index (χ1n) is 8.70. The van der Waals surface area contributed by atoms with Gasteiger partial charge in [0, 0.05) is 38.3 Å². The minimum atomic E-state index is -3.46. The normalized spacial score (nSPS) is 22.2. The summed E-state index contributed by atoms with van der Waals surface area (Å²) in [7, 11) is -1.48. The lowest BCUT2D eigenvalue weighted by atomic mass is 10.1. The van der Waals surface area contributed by atoms with Gasteiger partial charge in [0.15, 0.2) is 0 Å². The lowest BCUT2D eigenvalue weighted by Gasteiger charge is -2.31. The summed E-state index contributed by atoms with van der Waals surface area (Å²) in [5.74, 6) is 0.281. The van der Waals surface area contributed by atoms with Crippen molar-refractivity contribution in [2.45, 2.75) is 24.2 Å². The van der Waals surface area contributed by atoms with Crippen LogP contribution in [-0.4, -0.2) is 56.8 Å². The van der Waals surface area contributed by atoms with E-state index >= 15 is 0 Å². The van der Waals surface area contributed by atoms with Crippen LogP contribution >= 0.6 is 0 Å². The predicted octanol–water partition coefficient (Wildman–Crippen LogP) is 1.92. The maximum atomic E-state index is 12.7. The summed E-state index contributed by atoms with van der Waals surface area (Å²) in [6.45, 7) is 2.49. The number of hydrogen-bond acceptors (Lipinski definition) is 4. The molecule has 1 saturated heterocycles. The first-order valence-corrected chi connectivity index (χ1v) is 10.1. The van der Waals surface area contributed by atoms with Gasteiger partial charge in [-0.15, -0.1) is 0 Å². The molecule has 1 amide bonds. The van der Waals surface area contributed by atoms with Gasteiger partial charge in [-0.25, -0.2) is 8.42 Å². The molecule has 25 heavy (non-hydrogen) atoms. The standard InChI is InChI=1S/C18H25N3O3S/c1-20-10-12-21(13-11-20)25(23,24)17-8-6-16(7-9-17)19-18(22)14-15-4-2-3-5-15/h2,4,6-9,15H,3,5,10-14H2,1H3,(H,19,22). The number of likely N-dealkylation sites (N-methyl/N-ethyl adjacent to an activating group) is 1. The molecule has 3 rings (SSSR count). The van der Waals surface area contributed by atoms with Crippen molar-refractivity contribution in [3.63, 3.8) is 0 Å². The molecule has 1 aromatic carbocycles. The largest absolute Gasteiger partial charge is 0.326 e. The second-order valence-electron chi connectivity index (χ2n) is 6.75. The SMILES string of the molecule is CN1CCN(S(=O)(=O)c2ccc(NC(=O)CC3C=CCC3)cc2)CC1. The van der Waals surface area contributed by atoms with E-state index < -0.39 is 10.0 Å². The van der Waals surface area contributed by atoms with Crippen LogP contribution in [0.25, 0.3) is 0 Å². The van der Waals surface area contributed by atoms with Crippen LogP contribution in [0.5, 0.6) is 0 Å². The number of carbonyl (C=O) groups excluding carboxylic acids is 1. The van der Waals surface area contributed by atoms with Crippen LogP contribution in [0.1, 0.15) is 19.3 Å². The molecule has 7 heteroatoms. The van der Waals surface area contributed by atoms with Crippen molar-refractivity contribution in [2.24, 2.45) is 5.92 Å². The van der Waals surface area contributed by atoms with Crippen LogP contribution in [-0.2, 0) is 14.8 Å². The Morgan fingerprint density at radius 2 is 1.84 bits per heavy atom. The minimum Gasteiger partial charge on any atom is -0.326 e. The maximum Gasteiger partial charge on any atom is 0.243 e. The highest BCUT2D eigenvalue weighted by Crippen LogP contribution is 2.22. The monoisotopic (exact) mass is 363 g/mol. The molecule has 1 aliphatic carbocycles. The molecule has 1 unspecified atom stereocenters. The molecule has 1 N–H and O–H groups in total. The van der Waals surface area contributed by atoms with Gasteiger partial charge >= 0.3 is 0 Å². The number of sulfonamides is 1. The molecule has 0 radical (unpaired) electrons. The number of rotatable bonds is 5. The van der Waals surface area contributed by atoms with E-state index in [1.165, 1.54) is 4.31 Å². The average molecular weight is 363 g/mol. The van der Waals surface area contributed by atoms with Crippen molar-refractivity contribution in [3.8, 4) is 0 Å². The molecule has 1 aliphatic heterocycles. The summed E-state index contributed by atoms with van der Waals surface area (Å²) in [6, 6.07) is 6.45. The highest BCUT2D eigenvalue weighted by Gasteiger charge is 2.27. The number of carbonyl (C=O) groups is 1. The van der Waals surface area contributed by atoms with Gasteiger partial charge in [-0.2, -0.15) is 4.31 Å². The zero-order valence-electron chi connectivity index (χ0n) is 14.5. The van der Waals surface area contributed by atoms with Crippen molar-refractivity contribution in [1.82, 2.24) is 9.21 Å². The van der Waals surface area contributed by atoms with Crippen LogP contribution in [0.3, 0.4) is 0 Å². The lowest BCUT2D eigenvalue weighted by Crippen LogP contribution is -2.46. The molecule has 136 valence electrons. The summed E-state index contributed by atoms with van der Waals surface area (Å²) < 4.78 is 26.9.